The van der Waals surface area contributed by atoms with Gasteiger partial charge >= 0.3 is 5.97 Å². The molecule has 14 nitrogen and oxygen atoms in total. The summed E-state index contributed by atoms with van der Waals surface area (Å²) in [6.07, 6.45) is 4.35. The van der Waals surface area contributed by atoms with Crippen molar-refractivity contribution in [1.29, 1.82) is 0 Å². The average molecular weight is 544 g/mol. The van der Waals surface area contributed by atoms with E-state index in [-0.39, 0.29) is 24.8 Å². The molecule has 0 aromatic rings. The first-order chi connectivity index (χ1) is 18.0. The van der Waals surface area contributed by atoms with Crippen LogP contribution in [0.25, 0.3) is 0 Å². The van der Waals surface area contributed by atoms with Crippen molar-refractivity contribution < 1.29 is 24.3 Å². The fourth-order valence-corrected chi connectivity index (χ4v) is 3.66. The summed E-state index contributed by atoms with van der Waals surface area (Å²) < 4.78 is 0. The van der Waals surface area contributed by atoms with E-state index < -0.39 is 47.9 Å². The Kier molecular flexibility index (Phi) is 18.5. The van der Waals surface area contributed by atoms with Gasteiger partial charge in [-0.05, 0) is 64.0 Å². The molecule has 0 saturated heterocycles. The number of guanidine groups is 1. The summed E-state index contributed by atoms with van der Waals surface area (Å²) in [6.45, 7) is 4.76. The van der Waals surface area contributed by atoms with Crippen molar-refractivity contribution in [1.82, 2.24) is 16.0 Å². The van der Waals surface area contributed by atoms with E-state index in [2.05, 4.69) is 20.9 Å². The second kappa shape index (κ2) is 20.1. The Labute approximate surface area is 225 Å². The van der Waals surface area contributed by atoms with Gasteiger partial charge in [-0.2, -0.15) is 0 Å². The van der Waals surface area contributed by atoms with Crippen LogP contribution < -0.4 is 44.6 Å². The zero-order valence-corrected chi connectivity index (χ0v) is 22.8. The van der Waals surface area contributed by atoms with Gasteiger partial charge in [-0.1, -0.05) is 26.7 Å². The van der Waals surface area contributed by atoms with Gasteiger partial charge in [0.2, 0.25) is 17.7 Å². The van der Waals surface area contributed by atoms with Gasteiger partial charge < -0.3 is 49.7 Å². The molecule has 0 aromatic carbocycles. The highest BCUT2D eigenvalue weighted by molar-refractivity contribution is 5.94. The number of carbonyl (C=O) groups is 4. The molecule has 220 valence electrons. The van der Waals surface area contributed by atoms with Crippen LogP contribution in [0.1, 0.15) is 71.6 Å². The van der Waals surface area contributed by atoms with Crippen molar-refractivity contribution >= 4 is 29.7 Å². The Morgan fingerprint density at radius 3 is 1.87 bits per heavy atom. The van der Waals surface area contributed by atoms with E-state index in [0.717, 1.165) is 6.42 Å². The maximum atomic E-state index is 13.2. The Balaban J connectivity index is 5.48. The van der Waals surface area contributed by atoms with Gasteiger partial charge in [-0.3, -0.25) is 19.4 Å². The van der Waals surface area contributed by atoms with E-state index in [1.165, 1.54) is 0 Å². The molecule has 5 unspecified atom stereocenters. The summed E-state index contributed by atoms with van der Waals surface area (Å²) in [5, 5.41) is 17.5. The van der Waals surface area contributed by atoms with Crippen LogP contribution in [0.4, 0.5) is 0 Å². The Morgan fingerprint density at radius 1 is 0.789 bits per heavy atom. The maximum absolute atomic E-state index is 13.2. The number of aliphatic carboxylic acids is 1. The molecule has 0 aliphatic heterocycles. The summed E-state index contributed by atoms with van der Waals surface area (Å²) in [4.78, 5) is 54.5. The molecule has 0 radical (unpaired) electrons. The fourth-order valence-electron chi connectivity index (χ4n) is 3.66. The third-order valence-electron chi connectivity index (χ3n) is 6.24. The largest absolute Gasteiger partial charge is 0.480 e. The van der Waals surface area contributed by atoms with Crippen molar-refractivity contribution in [2.24, 2.45) is 39.6 Å². The quantitative estimate of drug-likeness (QED) is 0.0445. The Hall–Kier alpha value is -2.97. The van der Waals surface area contributed by atoms with Crippen LogP contribution in [0.15, 0.2) is 4.99 Å². The van der Waals surface area contributed by atoms with Crippen LogP contribution in [0.5, 0.6) is 0 Å². The molecule has 5 atom stereocenters. The first-order valence-corrected chi connectivity index (χ1v) is 13.3. The lowest BCUT2D eigenvalue weighted by Gasteiger charge is -2.28. The number of carboxylic acids is 1. The number of unbranched alkanes of at least 4 members (excludes halogenated alkanes) is 2. The monoisotopic (exact) mass is 543 g/mol. The van der Waals surface area contributed by atoms with Gasteiger partial charge in [0.25, 0.3) is 0 Å². The number of hydrogen-bond acceptors (Lipinski definition) is 8. The predicted molar refractivity (Wildman–Crippen MR) is 147 cm³/mol. The van der Waals surface area contributed by atoms with E-state index in [9.17, 15) is 24.3 Å². The average Bonchev–Trinajstić information content (AvgIpc) is 2.87. The number of carbonyl (C=O) groups excluding carboxylic acids is 3. The van der Waals surface area contributed by atoms with E-state index in [4.69, 9.17) is 28.7 Å². The first-order valence-electron chi connectivity index (χ1n) is 13.3. The van der Waals surface area contributed by atoms with Crippen LogP contribution in [0.2, 0.25) is 0 Å². The molecule has 3 amide bonds. The summed E-state index contributed by atoms with van der Waals surface area (Å²) in [6, 6.07) is -3.93. The summed E-state index contributed by atoms with van der Waals surface area (Å²) in [5.74, 6) is -3.28. The van der Waals surface area contributed by atoms with Gasteiger partial charge in [0, 0.05) is 6.54 Å². The van der Waals surface area contributed by atoms with Crippen molar-refractivity contribution in [2.45, 2.75) is 95.8 Å². The number of nitrogens with zero attached hydrogens (tertiary/aromatic N) is 1. The number of aliphatic imine (C=N–C) groups is 1. The minimum Gasteiger partial charge on any atom is -0.480 e. The van der Waals surface area contributed by atoms with E-state index in [0.29, 0.717) is 58.0 Å². The molecule has 0 saturated carbocycles. The second-order valence-corrected chi connectivity index (χ2v) is 9.46. The number of hydrogen-bond donors (Lipinski definition) is 9. The van der Waals surface area contributed by atoms with Crippen LogP contribution in [0, 0.1) is 5.92 Å². The van der Waals surface area contributed by atoms with Gasteiger partial charge in [0.05, 0.1) is 6.04 Å². The predicted octanol–water partition coefficient (Wildman–Crippen LogP) is -1.79. The van der Waals surface area contributed by atoms with Crippen molar-refractivity contribution in [3.8, 4) is 0 Å². The van der Waals surface area contributed by atoms with Crippen molar-refractivity contribution in [3.63, 3.8) is 0 Å². The zero-order chi connectivity index (χ0) is 29.1. The molecule has 0 aliphatic carbocycles. The number of rotatable bonds is 21. The van der Waals surface area contributed by atoms with E-state index in [1.54, 1.807) is 6.92 Å². The molecule has 0 fully saturated rings. The van der Waals surface area contributed by atoms with Gasteiger partial charge in [-0.25, -0.2) is 4.79 Å². The molecule has 0 bridgehead atoms. The van der Waals surface area contributed by atoms with Crippen molar-refractivity contribution in [2.75, 3.05) is 19.6 Å². The van der Waals surface area contributed by atoms with E-state index in [1.807, 2.05) is 6.92 Å². The van der Waals surface area contributed by atoms with Gasteiger partial charge in [0.1, 0.15) is 18.1 Å². The molecular formula is C24H49N9O5. The third kappa shape index (κ3) is 14.7. The fraction of sp³-hybridized carbons (Fsp3) is 0.792. The number of nitrogens with two attached hydrogens (primary N) is 5. The maximum Gasteiger partial charge on any atom is 0.326 e. The lowest BCUT2D eigenvalue weighted by molar-refractivity contribution is -0.143. The molecule has 0 spiro atoms. The summed E-state index contributed by atoms with van der Waals surface area (Å²) in [7, 11) is 0. The number of nitrogens with one attached hydrogen (secondary N) is 3. The van der Waals surface area contributed by atoms with Crippen LogP contribution in [0.3, 0.4) is 0 Å². The smallest absolute Gasteiger partial charge is 0.326 e. The normalized spacial score (nSPS) is 14.9. The summed E-state index contributed by atoms with van der Waals surface area (Å²) in [5.41, 5.74) is 27.6. The molecule has 0 heterocycles. The first kappa shape index (κ1) is 35.0. The molecule has 14 heteroatoms. The molecule has 0 aromatic heterocycles. The number of carboxylic acid groups (broad SMARTS) is 1. The highest BCUT2D eigenvalue weighted by atomic mass is 16.4. The zero-order valence-electron chi connectivity index (χ0n) is 22.8. The topological polar surface area (TPSA) is 267 Å². The SMILES string of the molecule is CCC(C)C(NC(=O)C(CCCCN)NC(=O)C(N)CCCCN)C(=O)NC(CCCN=C(N)N)C(=O)O. The van der Waals surface area contributed by atoms with Gasteiger partial charge in [-0.15, -0.1) is 0 Å². The lowest BCUT2D eigenvalue weighted by Crippen LogP contribution is -2.58. The van der Waals surface area contributed by atoms with Crippen molar-refractivity contribution in [3.05, 3.63) is 0 Å². The van der Waals surface area contributed by atoms with Crippen LogP contribution in [-0.2, 0) is 19.2 Å². The molecule has 38 heavy (non-hydrogen) atoms. The van der Waals surface area contributed by atoms with Crippen LogP contribution in [-0.4, -0.2) is 78.6 Å². The Morgan fingerprint density at radius 2 is 1.34 bits per heavy atom. The van der Waals surface area contributed by atoms with Gasteiger partial charge in [0.15, 0.2) is 5.96 Å². The highest BCUT2D eigenvalue weighted by Gasteiger charge is 2.32. The van der Waals surface area contributed by atoms with Crippen LogP contribution >= 0.6 is 0 Å². The highest BCUT2D eigenvalue weighted by Crippen LogP contribution is 2.11. The van der Waals surface area contributed by atoms with E-state index >= 15 is 0 Å². The molecule has 0 aliphatic rings. The minimum atomic E-state index is -1.21. The number of amides is 3. The molecule has 14 N–H and O–H groups in total. The molecular weight excluding hydrogens is 494 g/mol. The second-order valence-electron chi connectivity index (χ2n) is 9.46. The summed E-state index contributed by atoms with van der Waals surface area (Å²) >= 11 is 0. The minimum absolute atomic E-state index is 0.0961. The third-order valence-corrected chi connectivity index (χ3v) is 6.24. The Bertz CT molecular complexity index is 762. The standard InChI is InChI=1S/C24H49N9O5/c1-3-15(2)19(22(36)32-18(23(37)38)11-8-14-30-24(28)29)33-21(35)17(10-5-7-13-26)31-20(34)16(27)9-4-6-12-25/h15-19H,3-14,25-27H2,1-2H3,(H,31,34)(H,32,36)(H,33,35)(H,37,38)(H4,28,29,30). The molecule has 0 rings (SSSR count). The lowest BCUT2D eigenvalue weighted by atomic mass is 9.96.